The Morgan fingerprint density at radius 1 is 1.20 bits per heavy atom. The van der Waals surface area contributed by atoms with Crippen LogP contribution in [0.1, 0.15) is 33.0 Å². The molecule has 0 unspecified atom stereocenters. The van der Waals surface area contributed by atoms with Gasteiger partial charge in [0.15, 0.2) is 11.5 Å². The van der Waals surface area contributed by atoms with E-state index in [0.717, 1.165) is 24.0 Å². The number of rotatable bonds is 6. The Balaban J connectivity index is 1.69. The summed E-state index contributed by atoms with van der Waals surface area (Å²) in [7, 11) is 1.77. The van der Waals surface area contributed by atoms with Crippen molar-refractivity contribution in [3.8, 4) is 11.3 Å². The van der Waals surface area contributed by atoms with Crippen molar-refractivity contribution in [1.29, 1.82) is 0 Å². The number of aromatic nitrogens is 5. The molecule has 0 saturated heterocycles. The summed E-state index contributed by atoms with van der Waals surface area (Å²) in [5.74, 6) is -0.987. The smallest absolute Gasteiger partial charge is 0.273 e. The van der Waals surface area contributed by atoms with E-state index in [0.29, 0.717) is 11.4 Å². The number of aryl methyl sites for hydroxylation is 1. The highest BCUT2D eigenvalue weighted by molar-refractivity contribution is 5.99. The molecule has 3 N–H and O–H groups in total. The maximum Gasteiger partial charge on any atom is 0.273 e. The lowest BCUT2D eigenvalue weighted by Crippen LogP contribution is -2.22. The lowest BCUT2D eigenvalue weighted by Gasteiger charge is -2.15. The van der Waals surface area contributed by atoms with Crippen molar-refractivity contribution < 1.29 is 13.7 Å². The Labute approximate surface area is 177 Å². The van der Waals surface area contributed by atoms with Crippen LogP contribution in [-0.4, -0.2) is 44.0 Å². The number of hydrogen-bond acceptors (Lipinski definition) is 7. The minimum atomic E-state index is -2.70. The van der Waals surface area contributed by atoms with E-state index < -0.39 is 12.9 Å². The van der Waals surface area contributed by atoms with Crippen molar-refractivity contribution in [2.75, 3.05) is 17.6 Å². The summed E-state index contributed by atoms with van der Waals surface area (Å²) in [4.78, 5) is 24.7. The fraction of sp³-hybridized carbons (Fsp3) is 0.300. The molecule has 1 saturated carbocycles. The number of amides is 2. The molecule has 0 radical (unpaired) electrons. The summed E-state index contributed by atoms with van der Waals surface area (Å²) >= 11 is 0. The van der Waals surface area contributed by atoms with E-state index in [4.69, 9.17) is 4.11 Å². The van der Waals surface area contributed by atoms with Crippen LogP contribution in [0.5, 0.6) is 0 Å². The predicted molar refractivity (Wildman–Crippen MR) is 111 cm³/mol. The Hall–Kier alpha value is -3.82. The molecule has 1 aromatic carbocycles. The highest BCUT2D eigenvalue weighted by Gasteiger charge is 2.30. The van der Waals surface area contributed by atoms with Crippen LogP contribution < -0.4 is 16.0 Å². The summed E-state index contributed by atoms with van der Waals surface area (Å²) < 4.78 is 23.5. The molecule has 10 nitrogen and oxygen atoms in total. The summed E-state index contributed by atoms with van der Waals surface area (Å²) in [6.45, 7) is -0.824. The van der Waals surface area contributed by atoms with Gasteiger partial charge in [-0.15, -0.1) is 15.3 Å². The first-order chi connectivity index (χ1) is 15.6. The normalized spacial score (nSPS) is 14.9. The van der Waals surface area contributed by atoms with Gasteiger partial charge < -0.3 is 16.0 Å². The monoisotopic (exact) mass is 409 g/mol. The first kappa shape index (κ1) is 16.0. The first-order valence-corrected chi connectivity index (χ1v) is 9.35. The standard InChI is InChI=1S/C20H22N8O2/c1-11-13(16-10-28(3)27-24-16)5-4-6-14(11)22-15-9-17(23-19(29)12-7-8-12)25-26-18(15)20(30)21-2/h4-6,9-10,12H,7-8H2,1-3H3,(H,21,30)(H2,22,23,25,29)/i2D3. The molecule has 4 rings (SSSR count). The molecule has 1 aliphatic rings. The molecule has 0 bridgehead atoms. The molecule has 0 spiro atoms. The van der Waals surface area contributed by atoms with Crippen LogP contribution in [0.2, 0.25) is 0 Å². The third-order valence-corrected chi connectivity index (χ3v) is 4.80. The van der Waals surface area contributed by atoms with Gasteiger partial charge in [-0.2, -0.15) is 0 Å². The molecule has 3 aromatic rings. The lowest BCUT2D eigenvalue weighted by molar-refractivity contribution is -0.117. The van der Waals surface area contributed by atoms with Crippen LogP contribution in [0.25, 0.3) is 11.3 Å². The van der Waals surface area contributed by atoms with Gasteiger partial charge >= 0.3 is 0 Å². The number of carbonyl (C=O) groups excluding carboxylic acids is 2. The highest BCUT2D eigenvalue weighted by Crippen LogP contribution is 2.32. The third kappa shape index (κ3) is 3.97. The van der Waals surface area contributed by atoms with Crippen LogP contribution in [0.4, 0.5) is 17.2 Å². The number of hydrogen-bond donors (Lipinski definition) is 3. The zero-order chi connectivity index (χ0) is 23.8. The summed E-state index contributed by atoms with van der Waals surface area (Å²) in [6, 6.07) is 6.95. The second-order valence-electron chi connectivity index (χ2n) is 7.09. The van der Waals surface area contributed by atoms with Crippen LogP contribution in [0.15, 0.2) is 30.5 Å². The van der Waals surface area contributed by atoms with E-state index in [1.165, 1.54) is 6.07 Å². The summed E-state index contributed by atoms with van der Waals surface area (Å²) in [5, 5.41) is 23.6. The van der Waals surface area contributed by atoms with Crippen molar-refractivity contribution >= 4 is 29.0 Å². The number of benzene rings is 1. The quantitative estimate of drug-likeness (QED) is 0.568. The van der Waals surface area contributed by atoms with Gasteiger partial charge in [-0.1, -0.05) is 17.3 Å². The van der Waals surface area contributed by atoms with Crippen molar-refractivity contribution in [1.82, 2.24) is 30.5 Å². The number of anilines is 3. The van der Waals surface area contributed by atoms with Crippen molar-refractivity contribution in [3.63, 3.8) is 0 Å². The van der Waals surface area contributed by atoms with Gasteiger partial charge in [0, 0.05) is 41.4 Å². The highest BCUT2D eigenvalue weighted by atomic mass is 16.2. The first-order valence-electron chi connectivity index (χ1n) is 10.8. The number of nitrogens with zero attached hydrogens (tertiary/aromatic N) is 5. The second-order valence-corrected chi connectivity index (χ2v) is 7.09. The third-order valence-electron chi connectivity index (χ3n) is 4.80. The Bertz CT molecular complexity index is 1220. The fourth-order valence-electron chi connectivity index (χ4n) is 3.01. The van der Waals surface area contributed by atoms with Gasteiger partial charge in [0.1, 0.15) is 5.69 Å². The molecule has 10 heteroatoms. The van der Waals surface area contributed by atoms with E-state index in [-0.39, 0.29) is 29.0 Å². The van der Waals surface area contributed by atoms with Crippen LogP contribution in [-0.2, 0) is 11.8 Å². The van der Waals surface area contributed by atoms with E-state index in [1.54, 1.807) is 24.0 Å². The van der Waals surface area contributed by atoms with Crippen molar-refractivity contribution in [2.45, 2.75) is 19.8 Å². The van der Waals surface area contributed by atoms with Crippen molar-refractivity contribution in [2.24, 2.45) is 13.0 Å². The van der Waals surface area contributed by atoms with Gasteiger partial charge in [0.2, 0.25) is 5.91 Å². The van der Waals surface area contributed by atoms with Gasteiger partial charge in [0.05, 0.1) is 11.9 Å². The molecule has 154 valence electrons. The SMILES string of the molecule is [2H]C([2H])([2H])NC(=O)c1nnc(NC(=O)C2CC2)cc1Nc1cccc(-c2cn(C)nn2)c1C. The summed E-state index contributed by atoms with van der Waals surface area (Å²) in [5.41, 5.74) is 2.92. The average Bonchev–Trinajstić information content (AvgIpc) is 3.50. The van der Waals surface area contributed by atoms with E-state index >= 15 is 0 Å². The molecule has 0 atom stereocenters. The number of nitrogens with one attached hydrogen (secondary N) is 3. The molecule has 1 fully saturated rings. The molecule has 2 aromatic heterocycles. The van der Waals surface area contributed by atoms with Gasteiger partial charge in [-0.05, 0) is 31.4 Å². The molecule has 2 heterocycles. The van der Waals surface area contributed by atoms with Gasteiger partial charge in [0.25, 0.3) is 5.91 Å². The van der Waals surface area contributed by atoms with Gasteiger partial charge in [-0.3, -0.25) is 14.3 Å². The largest absolute Gasteiger partial charge is 0.354 e. The zero-order valence-electron chi connectivity index (χ0n) is 19.4. The van der Waals surface area contributed by atoms with E-state index in [1.807, 2.05) is 24.4 Å². The summed E-state index contributed by atoms with van der Waals surface area (Å²) in [6.07, 6.45) is 3.41. The molecule has 0 aliphatic heterocycles. The van der Waals surface area contributed by atoms with Crippen LogP contribution in [0, 0.1) is 12.8 Å². The fourth-order valence-corrected chi connectivity index (χ4v) is 3.01. The molecular formula is C20H22N8O2. The maximum absolute atomic E-state index is 12.6. The Kier molecular flexibility index (Phi) is 4.22. The molecular weight excluding hydrogens is 384 g/mol. The average molecular weight is 409 g/mol. The Morgan fingerprint density at radius 3 is 2.73 bits per heavy atom. The van der Waals surface area contributed by atoms with E-state index in [9.17, 15) is 9.59 Å². The predicted octanol–water partition coefficient (Wildman–Crippen LogP) is 2.03. The molecule has 2 amide bonds. The van der Waals surface area contributed by atoms with E-state index in [2.05, 4.69) is 31.1 Å². The number of carbonyl (C=O) groups is 2. The van der Waals surface area contributed by atoms with Crippen molar-refractivity contribution in [3.05, 3.63) is 41.7 Å². The van der Waals surface area contributed by atoms with Crippen LogP contribution in [0.3, 0.4) is 0 Å². The minimum absolute atomic E-state index is 0.0485. The van der Waals surface area contributed by atoms with Gasteiger partial charge in [-0.25, -0.2) is 0 Å². The van der Waals surface area contributed by atoms with Crippen LogP contribution >= 0.6 is 0 Å². The Morgan fingerprint density at radius 2 is 2.03 bits per heavy atom. The zero-order valence-corrected chi connectivity index (χ0v) is 16.4. The topological polar surface area (TPSA) is 127 Å². The minimum Gasteiger partial charge on any atom is -0.354 e. The maximum atomic E-state index is 12.6. The molecule has 1 aliphatic carbocycles. The second kappa shape index (κ2) is 7.90. The molecule has 30 heavy (non-hydrogen) atoms. The lowest BCUT2D eigenvalue weighted by atomic mass is 10.0.